The van der Waals surface area contributed by atoms with Crippen molar-refractivity contribution in [3.8, 4) is 0 Å². The van der Waals surface area contributed by atoms with Crippen LogP contribution in [-0.4, -0.2) is 21.9 Å². The molecule has 0 amide bonds. The van der Waals surface area contributed by atoms with Crippen LogP contribution < -0.4 is 0 Å². The van der Waals surface area contributed by atoms with Gasteiger partial charge < -0.3 is 10.2 Å². The Hall–Kier alpha value is -0.600. The Labute approximate surface area is 135 Å². The highest BCUT2D eigenvalue weighted by Crippen LogP contribution is 2.65. The van der Waals surface area contributed by atoms with E-state index in [0.717, 1.165) is 44.1 Å². The standard InChI is InChI=1S/C20H32O2/c1-6-18(4)11-12-20(22)14(13-18)7-8-15-17(2,3)10-9-16(21)19(15,20)5/h6,13,15-16,21-22H,1,7-12H2,2-5H3. The Kier molecular flexibility index (Phi) is 3.48. The van der Waals surface area contributed by atoms with Crippen molar-refractivity contribution in [3.05, 3.63) is 24.3 Å². The monoisotopic (exact) mass is 304 g/mol. The number of fused-ring (bicyclic) bond motifs is 3. The van der Waals surface area contributed by atoms with Gasteiger partial charge in [0.15, 0.2) is 0 Å². The van der Waals surface area contributed by atoms with E-state index in [9.17, 15) is 10.2 Å². The third kappa shape index (κ3) is 1.93. The molecule has 2 N–H and O–H groups in total. The van der Waals surface area contributed by atoms with E-state index in [1.807, 2.05) is 6.08 Å². The van der Waals surface area contributed by atoms with E-state index in [1.165, 1.54) is 0 Å². The zero-order chi connectivity index (χ0) is 16.4. The second kappa shape index (κ2) is 4.70. The molecule has 5 atom stereocenters. The molecule has 5 unspecified atom stereocenters. The minimum Gasteiger partial charge on any atom is -0.392 e. The van der Waals surface area contributed by atoms with Crippen molar-refractivity contribution in [2.75, 3.05) is 0 Å². The predicted molar refractivity (Wildman–Crippen MR) is 90.4 cm³/mol. The molecule has 0 heterocycles. The van der Waals surface area contributed by atoms with Gasteiger partial charge in [-0.2, -0.15) is 0 Å². The molecule has 124 valence electrons. The van der Waals surface area contributed by atoms with Gasteiger partial charge in [0.25, 0.3) is 0 Å². The van der Waals surface area contributed by atoms with Crippen LogP contribution >= 0.6 is 0 Å². The molecule has 2 fully saturated rings. The third-order valence-corrected chi connectivity index (χ3v) is 7.54. The fourth-order valence-electron chi connectivity index (χ4n) is 5.84. The zero-order valence-electron chi connectivity index (χ0n) is 14.7. The lowest BCUT2D eigenvalue weighted by atomic mass is 9.43. The van der Waals surface area contributed by atoms with Gasteiger partial charge in [-0.05, 0) is 55.4 Å². The molecule has 0 aliphatic heterocycles. The molecule has 0 radical (unpaired) electrons. The molecule has 3 aliphatic rings. The zero-order valence-corrected chi connectivity index (χ0v) is 14.7. The Morgan fingerprint density at radius 1 is 1.14 bits per heavy atom. The molecule has 2 nitrogen and oxygen atoms in total. The molecule has 0 aromatic heterocycles. The van der Waals surface area contributed by atoms with Gasteiger partial charge in [0, 0.05) is 10.8 Å². The summed E-state index contributed by atoms with van der Waals surface area (Å²) in [5.74, 6) is 0.374. The van der Waals surface area contributed by atoms with Gasteiger partial charge in [-0.3, -0.25) is 0 Å². The average Bonchev–Trinajstić information content (AvgIpc) is 2.46. The lowest BCUT2D eigenvalue weighted by Crippen LogP contribution is -2.66. The first kappa shape index (κ1) is 16.3. The Bertz CT molecular complexity index is 520. The summed E-state index contributed by atoms with van der Waals surface area (Å²) in [6.07, 6.45) is 9.37. The van der Waals surface area contributed by atoms with Crippen LogP contribution in [0.15, 0.2) is 24.3 Å². The maximum Gasteiger partial charge on any atom is 0.0938 e. The van der Waals surface area contributed by atoms with Gasteiger partial charge >= 0.3 is 0 Å². The number of hydrogen-bond donors (Lipinski definition) is 2. The molecule has 0 bridgehead atoms. The van der Waals surface area contributed by atoms with Crippen LogP contribution in [-0.2, 0) is 0 Å². The largest absolute Gasteiger partial charge is 0.392 e. The van der Waals surface area contributed by atoms with Crippen molar-refractivity contribution in [2.45, 2.75) is 77.9 Å². The van der Waals surface area contributed by atoms with E-state index >= 15 is 0 Å². The fraction of sp³-hybridized carbons (Fsp3) is 0.800. The SMILES string of the molecule is C=CC1(C)C=C2CCC3C(C)(C)CCC(O)C3(C)C2(O)CC1. The summed E-state index contributed by atoms with van der Waals surface area (Å²) >= 11 is 0. The summed E-state index contributed by atoms with van der Waals surface area (Å²) in [7, 11) is 0. The minimum atomic E-state index is -0.852. The lowest BCUT2D eigenvalue weighted by Gasteiger charge is -2.64. The van der Waals surface area contributed by atoms with Crippen molar-refractivity contribution >= 4 is 0 Å². The van der Waals surface area contributed by atoms with Crippen molar-refractivity contribution in [1.29, 1.82) is 0 Å². The summed E-state index contributed by atoms with van der Waals surface area (Å²) in [5, 5.41) is 22.6. The molecule has 2 saturated carbocycles. The highest BCUT2D eigenvalue weighted by atomic mass is 16.3. The van der Waals surface area contributed by atoms with Crippen LogP contribution in [0.5, 0.6) is 0 Å². The Balaban J connectivity index is 2.11. The first-order chi connectivity index (χ1) is 10.1. The summed E-state index contributed by atoms with van der Waals surface area (Å²) in [4.78, 5) is 0. The number of hydrogen-bond acceptors (Lipinski definition) is 2. The quantitative estimate of drug-likeness (QED) is 0.712. The molecule has 2 heteroatoms. The van der Waals surface area contributed by atoms with Crippen LogP contribution in [0.25, 0.3) is 0 Å². The highest BCUT2D eigenvalue weighted by molar-refractivity contribution is 5.34. The molecule has 22 heavy (non-hydrogen) atoms. The first-order valence-electron chi connectivity index (χ1n) is 8.85. The van der Waals surface area contributed by atoms with Crippen LogP contribution in [0.1, 0.15) is 66.2 Å². The summed E-state index contributed by atoms with van der Waals surface area (Å²) in [6, 6.07) is 0. The molecule has 0 aromatic rings. The van der Waals surface area contributed by atoms with Gasteiger partial charge in [0.2, 0.25) is 0 Å². The predicted octanol–water partition coefficient (Wildman–Crippen LogP) is 4.23. The number of allylic oxidation sites excluding steroid dienone is 2. The van der Waals surface area contributed by atoms with Gasteiger partial charge in [0.1, 0.15) is 0 Å². The Morgan fingerprint density at radius 2 is 1.82 bits per heavy atom. The van der Waals surface area contributed by atoms with Crippen molar-refractivity contribution in [2.24, 2.45) is 22.2 Å². The van der Waals surface area contributed by atoms with Gasteiger partial charge in [-0.1, -0.05) is 39.8 Å². The molecule has 0 saturated heterocycles. The van der Waals surface area contributed by atoms with Crippen molar-refractivity contribution in [3.63, 3.8) is 0 Å². The molecule has 3 aliphatic carbocycles. The summed E-state index contributed by atoms with van der Waals surface area (Å²) in [6.45, 7) is 13.0. The van der Waals surface area contributed by atoms with E-state index in [1.54, 1.807) is 0 Å². The molecule has 0 spiro atoms. The van der Waals surface area contributed by atoms with Gasteiger partial charge in [-0.25, -0.2) is 0 Å². The van der Waals surface area contributed by atoms with Crippen LogP contribution in [0.4, 0.5) is 0 Å². The summed E-state index contributed by atoms with van der Waals surface area (Å²) < 4.78 is 0. The second-order valence-corrected chi connectivity index (χ2v) is 9.16. The number of rotatable bonds is 1. The van der Waals surface area contributed by atoms with E-state index in [-0.39, 0.29) is 10.8 Å². The van der Waals surface area contributed by atoms with Gasteiger partial charge in [-0.15, -0.1) is 6.58 Å². The third-order valence-electron chi connectivity index (χ3n) is 7.54. The number of aliphatic hydroxyl groups excluding tert-OH is 1. The first-order valence-corrected chi connectivity index (χ1v) is 8.85. The maximum atomic E-state index is 11.7. The molecule has 3 rings (SSSR count). The van der Waals surface area contributed by atoms with Crippen molar-refractivity contribution in [1.82, 2.24) is 0 Å². The highest BCUT2D eigenvalue weighted by Gasteiger charge is 2.65. The smallest absolute Gasteiger partial charge is 0.0938 e. The van der Waals surface area contributed by atoms with Crippen LogP contribution in [0.3, 0.4) is 0 Å². The van der Waals surface area contributed by atoms with Crippen molar-refractivity contribution < 1.29 is 10.2 Å². The Morgan fingerprint density at radius 3 is 2.45 bits per heavy atom. The van der Waals surface area contributed by atoms with Gasteiger partial charge in [0.05, 0.1) is 11.7 Å². The van der Waals surface area contributed by atoms with E-state index < -0.39 is 17.1 Å². The topological polar surface area (TPSA) is 40.5 Å². The fourth-order valence-corrected chi connectivity index (χ4v) is 5.84. The lowest BCUT2D eigenvalue weighted by molar-refractivity contribution is -0.214. The molecule has 0 aromatic carbocycles. The number of aliphatic hydroxyl groups is 2. The minimum absolute atomic E-state index is 0.0140. The van der Waals surface area contributed by atoms with E-state index in [4.69, 9.17) is 0 Å². The van der Waals surface area contributed by atoms with Crippen LogP contribution in [0.2, 0.25) is 0 Å². The molecular weight excluding hydrogens is 272 g/mol. The molecular formula is C20H32O2. The average molecular weight is 304 g/mol. The van der Waals surface area contributed by atoms with Crippen LogP contribution in [0, 0.1) is 22.2 Å². The maximum absolute atomic E-state index is 11.7. The summed E-state index contributed by atoms with van der Waals surface area (Å²) in [5.41, 5.74) is 0.0437. The van der Waals surface area contributed by atoms with E-state index in [0.29, 0.717) is 5.92 Å². The normalized spacial score (nSPS) is 50.5. The second-order valence-electron chi connectivity index (χ2n) is 9.16. The van der Waals surface area contributed by atoms with E-state index in [2.05, 4.69) is 40.3 Å².